The monoisotopic (exact) mass is 275 g/mol. The normalized spacial score (nSPS) is 13.1. The molecule has 1 unspecified atom stereocenters. The SMILES string of the molecule is Cc1nn(C)c(CNC(C)CCO)c1Br. The Balaban J connectivity index is 2.57. The van der Waals surface area contributed by atoms with Crippen LogP contribution in [0, 0.1) is 6.92 Å². The Kier molecular flexibility index (Phi) is 4.76. The van der Waals surface area contributed by atoms with Crippen molar-refractivity contribution in [3.05, 3.63) is 15.9 Å². The smallest absolute Gasteiger partial charge is 0.0739 e. The Labute approximate surface area is 98.8 Å². The third-order valence-electron chi connectivity index (χ3n) is 2.44. The quantitative estimate of drug-likeness (QED) is 0.853. The van der Waals surface area contributed by atoms with Gasteiger partial charge in [0, 0.05) is 26.2 Å². The largest absolute Gasteiger partial charge is 0.396 e. The molecule has 0 fully saturated rings. The first kappa shape index (κ1) is 12.7. The van der Waals surface area contributed by atoms with E-state index in [1.165, 1.54) is 0 Å². The first-order valence-corrected chi connectivity index (χ1v) is 5.87. The molecular weight excluding hydrogens is 258 g/mol. The molecule has 0 radical (unpaired) electrons. The highest BCUT2D eigenvalue weighted by Gasteiger charge is 2.10. The summed E-state index contributed by atoms with van der Waals surface area (Å²) in [5.74, 6) is 0. The van der Waals surface area contributed by atoms with Crippen molar-refractivity contribution in [2.24, 2.45) is 7.05 Å². The zero-order valence-electron chi connectivity index (χ0n) is 9.42. The molecule has 15 heavy (non-hydrogen) atoms. The fourth-order valence-electron chi connectivity index (χ4n) is 1.44. The van der Waals surface area contributed by atoms with Crippen molar-refractivity contribution in [2.45, 2.75) is 32.9 Å². The standard InChI is InChI=1S/C10H18BrN3O/c1-7(4-5-15)12-6-9-10(11)8(2)13-14(9)3/h7,12,15H,4-6H2,1-3H3. The summed E-state index contributed by atoms with van der Waals surface area (Å²) in [6.07, 6.45) is 0.772. The van der Waals surface area contributed by atoms with E-state index in [0.29, 0.717) is 6.04 Å². The molecule has 0 bridgehead atoms. The molecule has 86 valence electrons. The van der Waals surface area contributed by atoms with E-state index in [9.17, 15) is 0 Å². The third kappa shape index (κ3) is 3.29. The van der Waals surface area contributed by atoms with Crippen molar-refractivity contribution in [1.82, 2.24) is 15.1 Å². The summed E-state index contributed by atoms with van der Waals surface area (Å²) >= 11 is 3.52. The maximum Gasteiger partial charge on any atom is 0.0739 e. The van der Waals surface area contributed by atoms with Gasteiger partial charge in [0.1, 0.15) is 0 Å². The summed E-state index contributed by atoms with van der Waals surface area (Å²) in [6, 6.07) is 0.317. The lowest BCUT2D eigenvalue weighted by Crippen LogP contribution is -2.27. The molecule has 0 aromatic carbocycles. The number of aromatic nitrogens is 2. The average molecular weight is 276 g/mol. The molecule has 4 nitrogen and oxygen atoms in total. The second kappa shape index (κ2) is 5.63. The number of halogens is 1. The molecule has 0 aliphatic carbocycles. The van der Waals surface area contributed by atoms with Gasteiger partial charge in [0.2, 0.25) is 0 Å². The molecule has 0 amide bonds. The minimum absolute atomic E-state index is 0.222. The van der Waals surface area contributed by atoms with Crippen LogP contribution in [0.2, 0.25) is 0 Å². The number of hydrogen-bond donors (Lipinski definition) is 2. The Hall–Kier alpha value is -0.390. The van der Waals surface area contributed by atoms with E-state index < -0.39 is 0 Å². The van der Waals surface area contributed by atoms with Gasteiger partial charge in [-0.15, -0.1) is 0 Å². The maximum absolute atomic E-state index is 8.78. The molecule has 1 rings (SSSR count). The summed E-state index contributed by atoms with van der Waals surface area (Å²) in [5.41, 5.74) is 2.14. The van der Waals surface area contributed by atoms with Crippen LogP contribution in [0.5, 0.6) is 0 Å². The number of aliphatic hydroxyl groups excluding tert-OH is 1. The number of nitrogens with zero attached hydrogens (tertiary/aromatic N) is 2. The number of nitrogens with one attached hydrogen (secondary N) is 1. The van der Waals surface area contributed by atoms with Crippen LogP contribution < -0.4 is 5.32 Å². The van der Waals surface area contributed by atoms with Crippen molar-refractivity contribution in [3.63, 3.8) is 0 Å². The second-order valence-corrected chi connectivity index (χ2v) is 4.56. The molecule has 1 atom stereocenters. The molecular formula is C10H18BrN3O. The van der Waals surface area contributed by atoms with Crippen LogP contribution in [0.25, 0.3) is 0 Å². The van der Waals surface area contributed by atoms with Crippen LogP contribution in [-0.2, 0) is 13.6 Å². The van der Waals surface area contributed by atoms with Crippen molar-refractivity contribution in [1.29, 1.82) is 0 Å². The van der Waals surface area contributed by atoms with E-state index in [4.69, 9.17) is 5.11 Å². The molecule has 5 heteroatoms. The predicted molar refractivity (Wildman–Crippen MR) is 63.6 cm³/mol. The van der Waals surface area contributed by atoms with E-state index in [-0.39, 0.29) is 6.61 Å². The Morgan fingerprint density at radius 3 is 2.73 bits per heavy atom. The van der Waals surface area contributed by atoms with Gasteiger partial charge >= 0.3 is 0 Å². The summed E-state index contributed by atoms with van der Waals surface area (Å²) in [6.45, 7) is 5.02. The van der Waals surface area contributed by atoms with E-state index >= 15 is 0 Å². The van der Waals surface area contributed by atoms with Crippen molar-refractivity contribution in [2.75, 3.05) is 6.61 Å². The lowest BCUT2D eigenvalue weighted by molar-refractivity contribution is 0.268. The van der Waals surface area contributed by atoms with Crippen LogP contribution >= 0.6 is 15.9 Å². The van der Waals surface area contributed by atoms with Crippen LogP contribution in [0.15, 0.2) is 4.47 Å². The molecule has 0 aliphatic rings. The van der Waals surface area contributed by atoms with Gasteiger partial charge in [0.25, 0.3) is 0 Å². The van der Waals surface area contributed by atoms with E-state index in [2.05, 4.69) is 33.3 Å². The molecule has 0 saturated heterocycles. The van der Waals surface area contributed by atoms with E-state index in [0.717, 1.165) is 28.8 Å². The first-order valence-electron chi connectivity index (χ1n) is 5.08. The lowest BCUT2D eigenvalue weighted by Gasteiger charge is -2.12. The summed E-state index contributed by atoms with van der Waals surface area (Å²) in [5, 5.41) is 16.4. The highest BCUT2D eigenvalue weighted by Crippen LogP contribution is 2.19. The summed E-state index contributed by atoms with van der Waals surface area (Å²) in [7, 11) is 1.94. The molecule has 0 spiro atoms. The molecule has 1 aromatic heterocycles. The molecule has 0 aliphatic heterocycles. The fourth-order valence-corrected chi connectivity index (χ4v) is 1.91. The van der Waals surface area contributed by atoms with Crippen molar-refractivity contribution in [3.8, 4) is 0 Å². The Bertz CT molecular complexity index is 325. The minimum Gasteiger partial charge on any atom is -0.396 e. The van der Waals surface area contributed by atoms with Crippen LogP contribution in [0.1, 0.15) is 24.7 Å². The maximum atomic E-state index is 8.78. The molecule has 1 aromatic rings. The lowest BCUT2D eigenvalue weighted by atomic mass is 10.2. The number of hydrogen-bond acceptors (Lipinski definition) is 3. The first-order chi connectivity index (χ1) is 7.06. The number of rotatable bonds is 5. The van der Waals surface area contributed by atoms with Gasteiger partial charge < -0.3 is 10.4 Å². The highest BCUT2D eigenvalue weighted by molar-refractivity contribution is 9.10. The Morgan fingerprint density at radius 2 is 2.27 bits per heavy atom. The third-order valence-corrected chi connectivity index (χ3v) is 3.47. The average Bonchev–Trinajstić information content (AvgIpc) is 2.40. The van der Waals surface area contributed by atoms with Crippen LogP contribution in [-0.4, -0.2) is 27.5 Å². The van der Waals surface area contributed by atoms with Gasteiger partial charge in [-0.25, -0.2) is 0 Å². The predicted octanol–water partition coefficient (Wildman–Crippen LogP) is 1.35. The fraction of sp³-hybridized carbons (Fsp3) is 0.700. The van der Waals surface area contributed by atoms with Crippen molar-refractivity contribution >= 4 is 15.9 Å². The summed E-state index contributed by atoms with van der Waals surface area (Å²) in [4.78, 5) is 0. The van der Waals surface area contributed by atoms with Crippen molar-refractivity contribution < 1.29 is 5.11 Å². The molecule has 2 N–H and O–H groups in total. The molecule has 0 saturated carbocycles. The number of aliphatic hydroxyl groups is 1. The van der Waals surface area contributed by atoms with Gasteiger partial charge in [0.05, 0.1) is 15.9 Å². The Morgan fingerprint density at radius 1 is 1.60 bits per heavy atom. The molecule has 1 heterocycles. The van der Waals surface area contributed by atoms with E-state index in [1.807, 2.05) is 18.7 Å². The zero-order chi connectivity index (χ0) is 11.4. The minimum atomic E-state index is 0.222. The van der Waals surface area contributed by atoms with Gasteiger partial charge in [0.15, 0.2) is 0 Å². The van der Waals surface area contributed by atoms with Gasteiger partial charge in [-0.05, 0) is 36.2 Å². The van der Waals surface area contributed by atoms with Crippen LogP contribution in [0.4, 0.5) is 0 Å². The van der Waals surface area contributed by atoms with Gasteiger partial charge in [-0.1, -0.05) is 0 Å². The van der Waals surface area contributed by atoms with Gasteiger partial charge in [-0.2, -0.15) is 5.10 Å². The zero-order valence-corrected chi connectivity index (χ0v) is 11.0. The topological polar surface area (TPSA) is 50.1 Å². The summed E-state index contributed by atoms with van der Waals surface area (Å²) < 4.78 is 2.94. The number of aryl methyl sites for hydroxylation is 2. The van der Waals surface area contributed by atoms with E-state index in [1.54, 1.807) is 0 Å². The van der Waals surface area contributed by atoms with Crippen LogP contribution in [0.3, 0.4) is 0 Å². The highest BCUT2D eigenvalue weighted by atomic mass is 79.9. The second-order valence-electron chi connectivity index (χ2n) is 3.76. The van der Waals surface area contributed by atoms with Gasteiger partial charge in [-0.3, -0.25) is 4.68 Å².